The number of carbonyl (C=O) groups is 1. The first-order valence-electron chi connectivity index (χ1n) is 7.44. The average Bonchev–Trinajstić information content (AvgIpc) is 2.98. The standard InChI is InChI=1S/C15H20ClN3O2/c16-13-10-17-4-3-12(13)11-19-5-1-2-14(19)15(20)18-6-8-21-9-7-18/h3-4,10,14H,1-2,5-9,11H2/t14-/m0/s1. The topological polar surface area (TPSA) is 45.7 Å². The van der Waals surface area contributed by atoms with Crippen LogP contribution >= 0.6 is 11.6 Å². The minimum Gasteiger partial charge on any atom is -0.378 e. The average molecular weight is 310 g/mol. The molecule has 21 heavy (non-hydrogen) atoms. The van der Waals surface area contributed by atoms with Gasteiger partial charge in [0.25, 0.3) is 0 Å². The molecule has 2 saturated heterocycles. The predicted octanol–water partition coefficient (Wildman–Crippen LogP) is 1.56. The number of carbonyl (C=O) groups excluding carboxylic acids is 1. The molecule has 114 valence electrons. The fourth-order valence-corrected chi connectivity index (χ4v) is 3.22. The highest BCUT2D eigenvalue weighted by atomic mass is 35.5. The van der Waals surface area contributed by atoms with Crippen LogP contribution < -0.4 is 0 Å². The van der Waals surface area contributed by atoms with Crippen molar-refractivity contribution in [1.82, 2.24) is 14.8 Å². The molecule has 3 heterocycles. The summed E-state index contributed by atoms with van der Waals surface area (Å²) < 4.78 is 5.32. The van der Waals surface area contributed by atoms with Gasteiger partial charge in [-0.05, 0) is 31.0 Å². The quantitative estimate of drug-likeness (QED) is 0.850. The first-order chi connectivity index (χ1) is 10.3. The van der Waals surface area contributed by atoms with Crippen molar-refractivity contribution in [3.05, 3.63) is 29.0 Å². The summed E-state index contributed by atoms with van der Waals surface area (Å²) in [5.74, 6) is 0.237. The third-order valence-corrected chi connectivity index (χ3v) is 4.54. The molecule has 0 aliphatic carbocycles. The minimum atomic E-state index is -0.0210. The number of rotatable bonds is 3. The van der Waals surface area contributed by atoms with Crippen LogP contribution in [0.1, 0.15) is 18.4 Å². The molecule has 0 unspecified atom stereocenters. The van der Waals surface area contributed by atoms with E-state index in [2.05, 4.69) is 9.88 Å². The molecule has 0 saturated carbocycles. The van der Waals surface area contributed by atoms with Crippen LogP contribution in [0.15, 0.2) is 18.5 Å². The lowest BCUT2D eigenvalue weighted by molar-refractivity contribution is -0.140. The van der Waals surface area contributed by atoms with Gasteiger partial charge in [0.05, 0.1) is 24.3 Å². The van der Waals surface area contributed by atoms with E-state index in [4.69, 9.17) is 16.3 Å². The number of hydrogen-bond donors (Lipinski definition) is 0. The highest BCUT2D eigenvalue weighted by molar-refractivity contribution is 6.31. The van der Waals surface area contributed by atoms with Crippen molar-refractivity contribution in [3.8, 4) is 0 Å². The van der Waals surface area contributed by atoms with Crippen LogP contribution in [-0.4, -0.2) is 59.6 Å². The van der Waals surface area contributed by atoms with Gasteiger partial charge in [-0.1, -0.05) is 11.6 Å². The summed E-state index contributed by atoms with van der Waals surface area (Å²) in [6.45, 7) is 4.36. The van der Waals surface area contributed by atoms with E-state index in [1.807, 2.05) is 11.0 Å². The molecule has 2 aliphatic heterocycles. The zero-order valence-corrected chi connectivity index (χ0v) is 12.8. The number of halogens is 1. The van der Waals surface area contributed by atoms with Crippen LogP contribution in [0.4, 0.5) is 0 Å². The van der Waals surface area contributed by atoms with Crippen LogP contribution in [0, 0.1) is 0 Å². The summed E-state index contributed by atoms with van der Waals surface area (Å²) in [6.07, 6.45) is 5.39. The summed E-state index contributed by atoms with van der Waals surface area (Å²) in [5, 5.41) is 0.668. The Bertz CT molecular complexity index is 505. The fourth-order valence-electron chi connectivity index (χ4n) is 3.04. The Morgan fingerprint density at radius 1 is 1.38 bits per heavy atom. The fraction of sp³-hybridized carbons (Fsp3) is 0.600. The summed E-state index contributed by atoms with van der Waals surface area (Å²) in [4.78, 5) is 20.8. The second-order valence-electron chi connectivity index (χ2n) is 5.53. The number of ether oxygens (including phenoxy) is 1. The van der Waals surface area contributed by atoms with Crippen molar-refractivity contribution >= 4 is 17.5 Å². The third-order valence-electron chi connectivity index (χ3n) is 4.20. The van der Waals surface area contributed by atoms with Gasteiger partial charge in [0, 0.05) is 32.0 Å². The molecule has 3 rings (SSSR count). The lowest BCUT2D eigenvalue weighted by atomic mass is 10.1. The molecule has 0 N–H and O–H groups in total. The van der Waals surface area contributed by atoms with E-state index >= 15 is 0 Å². The normalized spacial score (nSPS) is 23.5. The zero-order valence-electron chi connectivity index (χ0n) is 12.0. The first kappa shape index (κ1) is 14.8. The van der Waals surface area contributed by atoms with Gasteiger partial charge < -0.3 is 9.64 Å². The van der Waals surface area contributed by atoms with E-state index in [0.29, 0.717) is 37.9 Å². The zero-order chi connectivity index (χ0) is 14.7. The molecule has 2 fully saturated rings. The number of nitrogens with zero attached hydrogens (tertiary/aromatic N) is 3. The Labute approximate surface area is 129 Å². The van der Waals surface area contributed by atoms with Gasteiger partial charge >= 0.3 is 0 Å². The van der Waals surface area contributed by atoms with Gasteiger partial charge in [-0.15, -0.1) is 0 Å². The maximum atomic E-state index is 12.7. The van der Waals surface area contributed by atoms with Crippen LogP contribution in [0.25, 0.3) is 0 Å². The van der Waals surface area contributed by atoms with Crippen molar-refractivity contribution in [1.29, 1.82) is 0 Å². The summed E-state index contributed by atoms with van der Waals surface area (Å²) >= 11 is 6.18. The molecule has 0 bridgehead atoms. The summed E-state index contributed by atoms with van der Waals surface area (Å²) in [7, 11) is 0. The Morgan fingerprint density at radius 2 is 2.19 bits per heavy atom. The van der Waals surface area contributed by atoms with E-state index in [1.54, 1.807) is 12.4 Å². The highest BCUT2D eigenvalue weighted by Crippen LogP contribution is 2.24. The lowest BCUT2D eigenvalue weighted by Crippen LogP contribution is -2.49. The van der Waals surface area contributed by atoms with Crippen LogP contribution in [0.2, 0.25) is 5.02 Å². The van der Waals surface area contributed by atoms with Crippen molar-refractivity contribution < 1.29 is 9.53 Å². The Morgan fingerprint density at radius 3 is 2.95 bits per heavy atom. The molecular formula is C15H20ClN3O2. The Balaban J connectivity index is 1.67. The maximum absolute atomic E-state index is 12.7. The number of aromatic nitrogens is 1. The van der Waals surface area contributed by atoms with Crippen molar-refractivity contribution in [3.63, 3.8) is 0 Å². The van der Waals surface area contributed by atoms with Gasteiger partial charge in [-0.3, -0.25) is 14.7 Å². The van der Waals surface area contributed by atoms with Crippen LogP contribution in [-0.2, 0) is 16.1 Å². The smallest absolute Gasteiger partial charge is 0.240 e. The minimum absolute atomic E-state index is 0.0210. The predicted molar refractivity (Wildman–Crippen MR) is 80.1 cm³/mol. The van der Waals surface area contributed by atoms with E-state index in [9.17, 15) is 4.79 Å². The number of pyridine rings is 1. The van der Waals surface area contributed by atoms with Crippen molar-refractivity contribution in [2.24, 2.45) is 0 Å². The molecule has 1 atom stereocenters. The molecule has 2 aliphatic rings. The number of amides is 1. The SMILES string of the molecule is O=C([C@@H]1CCCN1Cc1ccncc1Cl)N1CCOCC1. The van der Waals surface area contributed by atoms with Crippen molar-refractivity contribution in [2.45, 2.75) is 25.4 Å². The van der Waals surface area contributed by atoms with E-state index < -0.39 is 0 Å². The maximum Gasteiger partial charge on any atom is 0.240 e. The molecule has 6 heteroatoms. The third kappa shape index (κ3) is 3.36. The molecular weight excluding hydrogens is 290 g/mol. The Kier molecular flexibility index (Phi) is 4.73. The first-order valence-corrected chi connectivity index (χ1v) is 7.82. The summed E-state index contributed by atoms with van der Waals surface area (Å²) in [5.41, 5.74) is 1.04. The van der Waals surface area contributed by atoms with Gasteiger partial charge in [0.2, 0.25) is 5.91 Å². The second-order valence-corrected chi connectivity index (χ2v) is 5.94. The van der Waals surface area contributed by atoms with Crippen molar-refractivity contribution in [2.75, 3.05) is 32.8 Å². The number of hydrogen-bond acceptors (Lipinski definition) is 4. The molecule has 0 spiro atoms. The molecule has 1 aromatic rings. The van der Waals surface area contributed by atoms with Crippen LogP contribution in [0.5, 0.6) is 0 Å². The second kappa shape index (κ2) is 6.73. The largest absolute Gasteiger partial charge is 0.378 e. The van der Waals surface area contributed by atoms with E-state index in [0.717, 1.165) is 24.9 Å². The lowest BCUT2D eigenvalue weighted by Gasteiger charge is -2.32. The molecule has 1 aromatic heterocycles. The molecule has 0 aromatic carbocycles. The van der Waals surface area contributed by atoms with E-state index in [-0.39, 0.29) is 11.9 Å². The van der Waals surface area contributed by atoms with Gasteiger partial charge in [0.15, 0.2) is 0 Å². The highest BCUT2D eigenvalue weighted by Gasteiger charge is 2.34. The number of morpholine rings is 1. The van der Waals surface area contributed by atoms with Gasteiger partial charge in [-0.25, -0.2) is 0 Å². The van der Waals surface area contributed by atoms with Gasteiger partial charge in [-0.2, -0.15) is 0 Å². The summed E-state index contributed by atoms with van der Waals surface area (Å²) in [6, 6.07) is 1.91. The molecule has 1 amide bonds. The van der Waals surface area contributed by atoms with E-state index in [1.165, 1.54) is 0 Å². The number of likely N-dealkylation sites (tertiary alicyclic amines) is 1. The monoisotopic (exact) mass is 309 g/mol. The Hall–Kier alpha value is -1.17. The van der Waals surface area contributed by atoms with Crippen LogP contribution in [0.3, 0.4) is 0 Å². The van der Waals surface area contributed by atoms with Gasteiger partial charge in [0.1, 0.15) is 0 Å². The molecule has 5 nitrogen and oxygen atoms in total. The molecule has 0 radical (unpaired) electrons.